The van der Waals surface area contributed by atoms with Crippen LogP contribution in [0.25, 0.3) is 10.8 Å². The lowest BCUT2D eigenvalue weighted by Crippen LogP contribution is -2.17. The number of sulfonamides is 1. The molecule has 0 saturated heterocycles. The molecule has 0 fully saturated rings. The van der Waals surface area contributed by atoms with Crippen LogP contribution in [0.1, 0.15) is 10.4 Å². The summed E-state index contributed by atoms with van der Waals surface area (Å²) in [6.07, 6.45) is 3.72. The molecule has 0 aliphatic rings. The van der Waals surface area contributed by atoms with E-state index in [1.54, 1.807) is 18.2 Å². The van der Waals surface area contributed by atoms with Crippen molar-refractivity contribution < 1.29 is 13.2 Å². The molecular formula is C17H17N5O3S. The van der Waals surface area contributed by atoms with Gasteiger partial charge >= 0.3 is 0 Å². The van der Waals surface area contributed by atoms with Crippen molar-refractivity contribution in [3.8, 4) is 0 Å². The van der Waals surface area contributed by atoms with E-state index in [4.69, 9.17) is 11.5 Å². The minimum Gasteiger partial charge on any atom is -0.368 e. The highest BCUT2D eigenvalue weighted by atomic mass is 32.2. The lowest BCUT2D eigenvalue weighted by atomic mass is 10.1. The van der Waals surface area contributed by atoms with Gasteiger partial charge in [0.05, 0.1) is 10.5 Å². The van der Waals surface area contributed by atoms with E-state index < -0.39 is 15.9 Å². The highest BCUT2D eigenvalue weighted by Gasteiger charge is 2.11. The number of amides is 1. The van der Waals surface area contributed by atoms with E-state index in [1.165, 1.54) is 12.4 Å². The summed E-state index contributed by atoms with van der Waals surface area (Å²) in [6, 6.07) is 12.6. The van der Waals surface area contributed by atoms with Gasteiger partial charge in [0.1, 0.15) is 0 Å². The number of hydrogen-bond acceptors (Lipinski definition) is 6. The maximum atomic E-state index is 11.7. The Balaban J connectivity index is 0.000000209. The molecule has 8 nitrogen and oxygen atoms in total. The molecule has 0 aliphatic carbocycles. The number of carbonyl (C=O) groups is 1. The largest absolute Gasteiger partial charge is 0.368 e. The zero-order valence-electron chi connectivity index (χ0n) is 13.7. The molecule has 3 aromatic rings. The smallest absolute Gasteiger partial charge is 0.261 e. The first-order chi connectivity index (χ1) is 12.3. The average Bonchev–Trinajstić information content (AvgIpc) is 2.62. The molecule has 0 unspecified atom stereocenters. The fourth-order valence-electron chi connectivity index (χ4n) is 1.98. The van der Waals surface area contributed by atoms with Gasteiger partial charge in [-0.1, -0.05) is 36.9 Å². The molecule has 1 heterocycles. The molecule has 5 N–H and O–H groups in total. The van der Waals surface area contributed by atoms with Crippen LogP contribution in [-0.2, 0) is 10.0 Å². The Labute approximate surface area is 150 Å². The van der Waals surface area contributed by atoms with E-state index in [-0.39, 0.29) is 16.4 Å². The number of nitrogens with two attached hydrogens (primary N) is 2. The van der Waals surface area contributed by atoms with Gasteiger partial charge in [0, 0.05) is 18.6 Å². The summed E-state index contributed by atoms with van der Waals surface area (Å²) < 4.78 is 25.6. The maximum Gasteiger partial charge on any atom is 0.261 e. The molecule has 0 aliphatic heterocycles. The summed E-state index contributed by atoms with van der Waals surface area (Å²) >= 11 is 0. The third-order valence-corrected chi connectivity index (χ3v) is 4.58. The Morgan fingerprint density at radius 2 is 1.69 bits per heavy atom. The van der Waals surface area contributed by atoms with Gasteiger partial charge in [-0.3, -0.25) is 9.52 Å². The van der Waals surface area contributed by atoms with Crippen LogP contribution in [0.4, 0.5) is 5.95 Å². The lowest BCUT2D eigenvalue weighted by molar-refractivity contribution is 0.0999. The molecule has 0 saturated carbocycles. The summed E-state index contributed by atoms with van der Waals surface area (Å²) in [6.45, 7) is 3.34. The van der Waals surface area contributed by atoms with Crippen LogP contribution >= 0.6 is 0 Å². The number of nitrogen functional groups attached to an aromatic ring is 1. The van der Waals surface area contributed by atoms with Crippen molar-refractivity contribution in [3.63, 3.8) is 0 Å². The van der Waals surface area contributed by atoms with E-state index in [0.29, 0.717) is 0 Å². The zero-order valence-corrected chi connectivity index (χ0v) is 14.5. The molecular weight excluding hydrogens is 354 g/mol. The summed E-state index contributed by atoms with van der Waals surface area (Å²) in [7, 11) is -3.47. The average molecular weight is 371 g/mol. The minimum absolute atomic E-state index is 0.130. The number of nitrogens with one attached hydrogen (secondary N) is 1. The SMILES string of the molecule is C=CNS(=O)(=O)c1ccc2ccccc2c1.NC(=O)c1cnc(N)nc1. The van der Waals surface area contributed by atoms with Gasteiger partial charge in [-0.25, -0.2) is 18.4 Å². The fourth-order valence-corrected chi connectivity index (χ4v) is 2.86. The van der Waals surface area contributed by atoms with Crippen molar-refractivity contribution >= 4 is 32.7 Å². The Bertz CT molecular complexity index is 1030. The number of benzene rings is 2. The second-order valence-corrected chi connectivity index (χ2v) is 6.74. The number of primary amides is 1. The second kappa shape index (κ2) is 8.08. The van der Waals surface area contributed by atoms with Gasteiger partial charge in [-0.15, -0.1) is 0 Å². The molecule has 1 aromatic heterocycles. The van der Waals surface area contributed by atoms with Crippen LogP contribution in [0.2, 0.25) is 0 Å². The zero-order chi connectivity index (χ0) is 19.2. The molecule has 0 atom stereocenters. The van der Waals surface area contributed by atoms with Crippen molar-refractivity contribution in [1.29, 1.82) is 0 Å². The van der Waals surface area contributed by atoms with Gasteiger partial charge < -0.3 is 11.5 Å². The second-order valence-electron chi connectivity index (χ2n) is 5.03. The highest BCUT2D eigenvalue weighted by Crippen LogP contribution is 2.18. The molecule has 9 heteroatoms. The number of carbonyl (C=O) groups excluding carboxylic acids is 1. The first-order valence-corrected chi connectivity index (χ1v) is 8.81. The van der Waals surface area contributed by atoms with Crippen molar-refractivity contribution in [1.82, 2.24) is 14.7 Å². The number of hydrogen-bond donors (Lipinski definition) is 3. The fraction of sp³-hybridized carbons (Fsp3) is 0. The van der Waals surface area contributed by atoms with E-state index in [1.807, 2.05) is 24.3 Å². The summed E-state index contributed by atoms with van der Waals surface area (Å²) in [4.78, 5) is 17.8. The van der Waals surface area contributed by atoms with Crippen LogP contribution in [-0.4, -0.2) is 24.3 Å². The van der Waals surface area contributed by atoms with E-state index in [0.717, 1.165) is 17.0 Å². The summed E-state index contributed by atoms with van der Waals surface area (Å²) in [5, 5.41) is 1.91. The van der Waals surface area contributed by atoms with Gasteiger partial charge in [0.25, 0.3) is 15.9 Å². The molecule has 0 radical (unpaired) electrons. The highest BCUT2D eigenvalue weighted by molar-refractivity contribution is 7.89. The van der Waals surface area contributed by atoms with Gasteiger partial charge in [0.15, 0.2) is 0 Å². The minimum atomic E-state index is -3.47. The van der Waals surface area contributed by atoms with Crippen molar-refractivity contribution in [3.05, 3.63) is 73.2 Å². The van der Waals surface area contributed by atoms with Gasteiger partial charge in [0.2, 0.25) is 5.95 Å². The van der Waals surface area contributed by atoms with Crippen molar-refractivity contribution in [2.45, 2.75) is 4.90 Å². The topological polar surface area (TPSA) is 141 Å². The Hall–Kier alpha value is -3.46. The van der Waals surface area contributed by atoms with Gasteiger partial charge in [-0.2, -0.15) is 0 Å². The number of nitrogens with zero attached hydrogens (tertiary/aromatic N) is 2. The molecule has 26 heavy (non-hydrogen) atoms. The van der Waals surface area contributed by atoms with Crippen LogP contribution in [0.3, 0.4) is 0 Å². The predicted molar refractivity (Wildman–Crippen MR) is 99.4 cm³/mol. The molecule has 2 aromatic carbocycles. The van der Waals surface area contributed by atoms with Crippen LogP contribution in [0.15, 0.2) is 72.5 Å². The quantitative estimate of drug-likeness (QED) is 0.633. The van der Waals surface area contributed by atoms with Crippen molar-refractivity contribution in [2.75, 3.05) is 5.73 Å². The Morgan fingerprint density at radius 3 is 2.27 bits per heavy atom. The molecule has 134 valence electrons. The Morgan fingerprint density at radius 1 is 1.08 bits per heavy atom. The first kappa shape index (κ1) is 18.9. The predicted octanol–water partition coefficient (Wildman–Crippen LogP) is 1.42. The molecule has 3 rings (SSSR count). The lowest BCUT2D eigenvalue weighted by Gasteiger charge is -2.04. The van der Waals surface area contributed by atoms with Crippen LogP contribution < -0.4 is 16.2 Å². The number of anilines is 1. The monoisotopic (exact) mass is 371 g/mol. The number of aromatic nitrogens is 2. The Kier molecular flexibility index (Phi) is 5.86. The third-order valence-electron chi connectivity index (χ3n) is 3.23. The normalized spacial score (nSPS) is 10.5. The van der Waals surface area contributed by atoms with Gasteiger partial charge in [-0.05, 0) is 22.9 Å². The molecule has 0 bridgehead atoms. The van der Waals surface area contributed by atoms with E-state index in [9.17, 15) is 13.2 Å². The summed E-state index contributed by atoms with van der Waals surface area (Å²) in [5.41, 5.74) is 10.3. The number of rotatable bonds is 4. The van der Waals surface area contributed by atoms with Crippen LogP contribution in [0, 0.1) is 0 Å². The standard InChI is InChI=1S/C12H11NO2S.C5H6N4O/c1-2-13-16(14,15)12-8-7-10-5-3-4-6-11(10)9-12;6-4(10)3-1-8-5(7)9-2-3/h2-9,13H,1H2;1-2H,(H2,6,10)(H2,7,8,9). The van der Waals surface area contributed by atoms with E-state index in [2.05, 4.69) is 21.3 Å². The number of fused-ring (bicyclic) bond motifs is 1. The molecule has 1 amide bonds. The molecule has 0 spiro atoms. The van der Waals surface area contributed by atoms with E-state index >= 15 is 0 Å². The van der Waals surface area contributed by atoms with Crippen molar-refractivity contribution in [2.24, 2.45) is 5.73 Å². The third kappa shape index (κ3) is 4.77. The summed E-state index contributed by atoms with van der Waals surface area (Å²) in [5.74, 6) is -0.426. The van der Waals surface area contributed by atoms with Crippen LogP contribution in [0.5, 0.6) is 0 Å². The first-order valence-electron chi connectivity index (χ1n) is 7.33. The maximum absolute atomic E-state index is 11.7.